The van der Waals surface area contributed by atoms with Crippen LogP contribution < -0.4 is 5.32 Å². The van der Waals surface area contributed by atoms with Crippen LogP contribution in [0.15, 0.2) is 11.4 Å². The molecular weight excluding hydrogens is 232 g/mol. The first-order valence-corrected chi connectivity index (χ1v) is 6.67. The summed E-state index contributed by atoms with van der Waals surface area (Å²) >= 11 is 1.60. The molecule has 0 radical (unpaired) electrons. The van der Waals surface area contributed by atoms with Crippen molar-refractivity contribution in [2.45, 2.75) is 39.8 Å². The third kappa shape index (κ3) is 5.31. The topological polar surface area (TPSA) is 56.0 Å². The van der Waals surface area contributed by atoms with Crippen LogP contribution >= 0.6 is 11.3 Å². The Balaban J connectivity index is 2.35. The zero-order chi connectivity index (χ0) is 12.9. The Labute approximate surface area is 107 Å². The third-order valence-corrected chi connectivity index (χ3v) is 3.47. The molecule has 1 unspecified atom stereocenters. The lowest BCUT2D eigenvalue weighted by molar-refractivity contribution is 0.128. The Morgan fingerprint density at radius 2 is 2.29 bits per heavy atom. The van der Waals surface area contributed by atoms with Crippen LogP contribution in [0, 0.1) is 16.7 Å². The summed E-state index contributed by atoms with van der Waals surface area (Å²) < 4.78 is 0. The Morgan fingerprint density at radius 1 is 1.59 bits per heavy atom. The molecule has 1 atom stereocenters. The van der Waals surface area contributed by atoms with Crippen LogP contribution in [0.2, 0.25) is 0 Å². The standard InChI is InChI=1S/C13H20N2OS/c1-10(16)5-13(2,3)9-15-7-12-4-11(6-14)8-17-12/h4,8,10,15-16H,5,7,9H2,1-3H3. The van der Waals surface area contributed by atoms with Crippen molar-refractivity contribution in [2.24, 2.45) is 5.41 Å². The van der Waals surface area contributed by atoms with Crippen molar-refractivity contribution in [3.05, 3.63) is 21.9 Å². The highest BCUT2D eigenvalue weighted by Crippen LogP contribution is 2.21. The number of hydrogen-bond donors (Lipinski definition) is 2. The van der Waals surface area contributed by atoms with E-state index < -0.39 is 0 Å². The Morgan fingerprint density at radius 3 is 2.82 bits per heavy atom. The SMILES string of the molecule is CC(O)CC(C)(C)CNCc1cc(C#N)cs1. The smallest absolute Gasteiger partial charge is 0.100 e. The molecule has 0 aliphatic heterocycles. The molecule has 3 nitrogen and oxygen atoms in total. The summed E-state index contributed by atoms with van der Waals surface area (Å²) in [5, 5.41) is 23.3. The molecule has 1 aromatic rings. The van der Waals surface area contributed by atoms with Gasteiger partial charge in [0, 0.05) is 23.3 Å². The van der Waals surface area contributed by atoms with Crippen LogP contribution in [0.1, 0.15) is 37.6 Å². The van der Waals surface area contributed by atoms with E-state index in [1.165, 1.54) is 4.88 Å². The van der Waals surface area contributed by atoms with Gasteiger partial charge in [-0.2, -0.15) is 5.26 Å². The predicted octanol–water partition coefficient (Wildman–Crippen LogP) is 2.51. The Bertz CT molecular complexity index is 390. The van der Waals surface area contributed by atoms with Gasteiger partial charge in [0.05, 0.1) is 11.7 Å². The van der Waals surface area contributed by atoms with Crippen molar-refractivity contribution in [1.29, 1.82) is 5.26 Å². The van der Waals surface area contributed by atoms with E-state index >= 15 is 0 Å². The van der Waals surface area contributed by atoms with Gasteiger partial charge < -0.3 is 10.4 Å². The van der Waals surface area contributed by atoms with Crippen LogP contribution in [0.3, 0.4) is 0 Å². The summed E-state index contributed by atoms with van der Waals surface area (Å²) in [7, 11) is 0. The molecule has 0 spiro atoms. The summed E-state index contributed by atoms with van der Waals surface area (Å²) in [6.45, 7) is 7.75. The van der Waals surface area contributed by atoms with Gasteiger partial charge >= 0.3 is 0 Å². The van der Waals surface area contributed by atoms with E-state index in [-0.39, 0.29) is 11.5 Å². The van der Waals surface area contributed by atoms with Gasteiger partial charge in [0.15, 0.2) is 0 Å². The van der Waals surface area contributed by atoms with E-state index in [9.17, 15) is 5.11 Å². The molecule has 0 saturated heterocycles. The van der Waals surface area contributed by atoms with Crippen molar-refractivity contribution in [3.8, 4) is 6.07 Å². The second kappa shape index (κ2) is 6.15. The minimum absolute atomic E-state index is 0.0868. The van der Waals surface area contributed by atoms with Crippen molar-refractivity contribution in [1.82, 2.24) is 5.32 Å². The van der Waals surface area contributed by atoms with Crippen LogP contribution in [0.5, 0.6) is 0 Å². The molecule has 1 rings (SSSR count). The summed E-state index contributed by atoms with van der Waals surface area (Å²) in [4.78, 5) is 1.18. The highest BCUT2D eigenvalue weighted by Gasteiger charge is 2.19. The second-order valence-corrected chi connectivity index (χ2v) is 6.23. The lowest BCUT2D eigenvalue weighted by Gasteiger charge is -2.26. The molecule has 0 aliphatic carbocycles. The quantitative estimate of drug-likeness (QED) is 0.818. The van der Waals surface area contributed by atoms with E-state index in [2.05, 4.69) is 25.2 Å². The number of rotatable bonds is 6. The predicted molar refractivity (Wildman–Crippen MR) is 70.8 cm³/mol. The minimum Gasteiger partial charge on any atom is -0.393 e. The van der Waals surface area contributed by atoms with E-state index in [4.69, 9.17) is 5.26 Å². The maximum atomic E-state index is 9.38. The van der Waals surface area contributed by atoms with E-state index in [1.807, 2.05) is 18.4 Å². The second-order valence-electron chi connectivity index (χ2n) is 5.23. The molecule has 94 valence electrons. The minimum atomic E-state index is -0.265. The molecule has 1 aromatic heterocycles. The summed E-state index contributed by atoms with van der Waals surface area (Å²) in [6, 6.07) is 4.05. The molecule has 0 aliphatic rings. The zero-order valence-corrected chi connectivity index (χ0v) is 11.5. The average Bonchev–Trinajstić information content (AvgIpc) is 2.63. The van der Waals surface area contributed by atoms with Gasteiger partial charge in [-0.3, -0.25) is 0 Å². The van der Waals surface area contributed by atoms with Crippen molar-refractivity contribution in [3.63, 3.8) is 0 Å². The molecular formula is C13H20N2OS. The van der Waals surface area contributed by atoms with Crippen LogP contribution in [-0.4, -0.2) is 17.8 Å². The number of hydrogen-bond acceptors (Lipinski definition) is 4. The maximum absolute atomic E-state index is 9.38. The monoisotopic (exact) mass is 252 g/mol. The van der Waals surface area contributed by atoms with E-state index in [0.717, 1.165) is 25.1 Å². The van der Waals surface area contributed by atoms with Crippen LogP contribution in [0.25, 0.3) is 0 Å². The highest BCUT2D eigenvalue weighted by molar-refractivity contribution is 7.10. The molecule has 0 amide bonds. The Kier molecular flexibility index (Phi) is 5.13. The summed E-state index contributed by atoms with van der Waals surface area (Å²) in [5.74, 6) is 0. The normalized spacial score (nSPS) is 13.4. The lowest BCUT2D eigenvalue weighted by Crippen LogP contribution is -2.31. The van der Waals surface area contributed by atoms with Crippen molar-refractivity contribution in [2.75, 3.05) is 6.54 Å². The molecule has 0 fully saturated rings. The molecule has 17 heavy (non-hydrogen) atoms. The van der Waals surface area contributed by atoms with Gasteiger partial charge in [-0.15, -0.1) is 11.3 Å². The number of nitrogens with one attached hydrogen (secondary N) is 1. The molecule has 1 heterocycles. The van der Waals surface area contributed by atoms with Gasteiger partial charge in [0.2, 0.25) is 0 Å². The first-order chi connectivity index (χ1) is 7.93. The number of nitrogens with zero attached hydrogens (tertiary/aromatic N) is 1. The first-order valence-electron chi connectivity index (χ1n) is 5.79. The van der Waals surface area contributed by atoms with Crippen LogP contribution in [-0.2, 0) is 6.54 Å². The van der Waals surface area contributed by atoms with Gasteiger partial charge in [0.1, 0.15) is 6.07 Å². The van der Waals surface area contributed by atoms with Gasteiger partial charge in [-0.05, 0) is 24.8 Å². The van der Waals surface area contributed by atoms with Gasteiger partial charge in [-0.25, -0.2) is 0 Å². The fourth-order valence-corrected chi connectivity index (χ4v) is 2.71. The van der Waals surface area contributed by atoms with E-state index in [0.29, 0.717) is 0 Å². The first kappa shape index (κ1) is 14.2. The molecule has 2 N–H and O–H groups in total. The largest absolute Gasteiger partial charge is 0.393 e. The summed E-state index contributed by atoms with van der Waals surface area (Å²) in [5.41, 5.74) is 0.818. The average molecular weight is 252 g/mol. The number of thiophene rings is 1. The van der Waals surface area contributed by atoms with Crippen LogP contribution in [0.4, 0.5) is 0 Å². The van der Waals surface area contributed by atoms with Gasteiger partial charge in [0.25, 0.3) is 0 Å². The fraction of sp³-hybridized carbons (Fsp3) is 0.615. The van der Waals surface area contributed by atoms with Gasteiger partial charge in [-0.1, -0.05) is 13.8 Å². The third-order valence-electron chi connectivity index (χ3n) is 2.53. The van der Waals surface area contributed by atoms with E-state index in [1.54, 1.807) is 11.3 Å². The van der Waals surface area contributed by atoms with Crippen molar-refractivity contribution < 1.29 is 5.11 Å². The fourth-order valence-electron chi connectivity index (χ4n) is 1.93. The molecule has 0 bridgehead atoms. The highest BCUT2D eigenvalue weighted by atomic mass is 32.1. The summed E-state index contributed by atoms with van der Waals surface area (Å²) in [6.07, 6.45) is 0.521. The van der Waals surface area contributed by atoms with Crippen molar-refractivity contribution >= 4 is 11.3 Å². The molecule has 4 heteroatoms. The number of nitriles is 1. The zero-order valence-electron chi connectivity index (χ0n) is 10.7. The number of aliphatic hydroxyl groups excluding tert-OH is 1. The Hall–Kier alpha value is -0.890. The molecule has 0 aromatic carbocycles. The maximum Gasteiger partial charge on any atom is 0.100 e. The molecule has 0 saturated carbocycles. The lowest BCUT2D eigenvalue weighted by atomic mass is 9.87. The number of aliphatic hydroxyl groups is 1.